The Morgan fingerprint density at radius 2 is 2.17 bits per heavy atom. The molecular weight excluding hydrogens is 400 g/mol. The van der Waals surface area contributed by atoms with Gasteiger partial charge in [0, 0.05) is 31.0 Å². The average Bonchev–Trinajstić information content (AvgIpc) is 3.40. The number of imidazole rings is 1. The molecule has 0 aromatic carbocycles. The zero-order valence-electron chi connectivity index (χ0n) is 17.5. The van der Waals surface area contributed by atoms with E-state index in [0.717, 1.165) is 39.8 Å². The molecule has 0 amide bonds. The topological polar surface area (TPSA) is 107 Å². The number of aliphatic hydroxyl groups is 1. The molecule has 158 valence electrons. The number of nitrogens with one attached hydrogen (secondary N) is 2. The fourth-order valence-electron chi connectivity index (χ4n) is 3.41. The van der Waals surface area contributed by atoms with E-state index >= 15 is 0 Å². The van der Waals surface area contributed by atoms with Crippen LogP contribution < -0.4 is 5.32 Å². The van der Waals surface area contributed by atoms with E-state index in [-0.39, 0.29) is 0 Å². The van der Waals surface area contributed by atoms with Gasteiger partial charge in [0.15, 0.2) is 11.5 Å². The first-order valence-electron chi connectivity index (χ1n) is 9.83. The second-order valence-corrected chi connectivity index (χ2v) is 8.78. The third kappa shape index (κ3) is 4.50. The second-order valence-electron chi connectivity index (χ2n) is 7.98. The van der Waals surface area contributed by atoms with Gasteiger partial charge in [-0.25, -0.2) is 9.97 Å². The van der Waals surface area contributed by atoms with Crippen molar-refractivity contribution in [3.8, 4) is 11.3 Å². The van der Waals surface area contributed by atoms with Crippen LogP contribution in [0.25, 0.3) is 16.9 Å². The van der Waals surface area contributed by atoms with Gasteiger partial charge in [0.1, 0.15) is 5.00 Å². The minimum atomic E-state index is -0.739. The van der Waals surface area contributed by atoms with Crippen molar-refractivity contribution in [1.29, 1.82) is 0 Å². The van der Waals surface area contributed by atoms with E-state index in [1.54, 1.807) is 6.20 Å². The summed E-state index contributed by atoms with van der Waals surface area (Å²) in [6.07, 6.45) is 7.40. The number of anilines is 2. The van der Waals surface area contributed by atoms with Crippen LogP contribution in [-0.4, -0.2) is 57.6 Å². The Kier molecular flexibility index (Phi) is 5.54. The molecule has 0 radical (unpaired) electrons. The highest BCUT2D eigenvalue weighted by Crippen LogP contribution is 2.27. The molecule has 0 bridgehead atoms. The molecular formula is C20H26N8OS. The summed E-state index contributed by atoms with van der Waals surface area (Å²) >= 11 is 1.39. The highest BCUT2D eigenvalue weighted by atomic mass is 32.1. The lowest BCUT2D eigenvalue weighted by atomic mass is 10.1. The zero-order chi connectivity index (χ0) is 21.3. The predicted octanol–water partition coefficient (Wildman–Crippen LogP) is 3.22. The monoisotopic (exact) mass is 426 g/mol. The molecule has 0 unspecified atom stereocenters. The molecule has 0 spiro atoms. The van der Waals surface area contributed by atoms with Gasteiger partial charge in [-0.1, -0.05) is 6.92 Å². The summed E-state index contributed by atoms with van der Waals surface area (Å²) in [6.45, 7) is 9.80. The lowest BCUT2D eigenvalue weighted by molar-refractivity contribution is 0.0350. The third-order valence-corrected chi connectivity index (χ3v) is 5.39. The molecule has 4 rings (SSSR count). The molecule has 10 heteroatoms. The molecule has 0 aliphatic carbocycles. The van der Waals surface area contributed by atoms with E-state index in [4.69, 9.17) is 0 Å². The minimum absolute atomic E-state index is 0.592. The second kappa shape index (κ2) is 8.13. The van der Waals surface area contributed by atoms with Gasteiger partial charge in [0.05, 0.1) is 35.1 Å². The molecule has 3 N–H and O–H groups in total. The summed E-state index contributed by atoms with van der Waals surface area (Å²) < 4.78 is 6.58. The number of hydrogen-bond donors (Lipinski definition) is 3. The van der Waals surface area contributed by atoms with Crippen molar-refractivity contribution in [3.05, 3.63) is 42.2 Å². The van der Waals surface area contributed by atoms with Crippen LogP contribution in [0.3, 0.4) is 0 Å². The van der Waals surface area contributed by atoms with Crippen LogP contribution in [0.15, 0.2) is 30.9 Å². The van der Waals surface area contributed by atoms with Crippen molar-refractivity contribution in [2.24, 2.45) is 0 Å². The lowest BCUT2D eigenvalue weighted by Crippen LogP contribution is -2.38. The molecule has 0 saturated heterocycles. The molecule has 4 aromatic heterocycles. The van der Waals surface area contributed by atoms with Crippen LogP contribution in [-0.2, 0) is 6.54 Å². The van der Waals surface area contributed by atoms with Crippen molar-refractivity contribution < 1.29 is 5.11 Å². The van der Waals surface area contributed by atoms with Gasteiger partial charge in [0.25, 0.3) is 0 Å². The van der Waals surface area contributed by atoms with Crippen molar-refractivity contribution in [2.45, 2.75) is 39.8 Å². The maximum absolute atomic E-state index is 10.1. The maximum Gasteiger partial charge on any atom is 0.180 e. The Balaban J connectivity index is 1.57. The summed E-state index contributed by atoms with van der Waals surface area (Å²) in [5.41, 5.74) is 3.74. The maximum atomic E-state index is 10.1. The van der Waals surface area contributed by atoms with Gasteiger partial charge in [0.2, 0.25) is 0 Å². The number of rotatable bonds is 8. The van der Waals surface area contributed by atoms with Crippen molar-refractivity contribution >= 4 is 28.0 Å². The highest BCUT2D eigenvalue weighted by molar-refractivity contribution is 7.10. The number of nitrogens with zero attached hydrogens (tertiary/aromatic N) is 6. The van der Waals surface area contributed by atoms with Gasteiger partial charge in [-0.3, -0.25) is 14.4 Å². The Bertz CT molecular complexity index is 1130. The first-order chi connectivity index (χ1) is 14.3. The number of aromatic nitrogens is 6. The SMILES string of the molecule is CCN(Cc1cc(Nc2nc(C)cn3c(-c4cn[nH]c4)cnc23)sn1)CC(C)(C)O. The molecule has 4 heterocycles. The van der Waals surface area contributed by atoms with E-state index in [9.17, 15) is 5.11 Å². The normalized spacial score (nSPS) is 12.2. The summed E-state index contributed by atoms with van der Waals surface area (Å²) in [4.78, 5) is 11.4. The number of hydrogen-bond acceptors (Lipinski definition) is 8. The molecule has 0 atom stereocenters. The van der Waals surface area contributed by atoms with Gasteiger partial charge >= 0.3 is 0 Å². The van der Waals surface area contributed by atoms with Crippen molar-refractivity contribution in [1.82, 2.24) is 33.8 Å². The van der Waals surface area contributed by atoms with Gasteiger partial charge < -0.3 is 10.4 Å². The van der Waals surface area contributed by atoms with E-state index in [0.29, 0.717) is 18.9 Å². The molecule has 9 nitrogen and oxygen atoms in total. The van der Waals surface area contributed by atoms with Crippen LogP contribution in [0.2, 0.25) is 0 Å². The Morgan fingerprint density at radius 1 is 1.33 bits per heavy atom. The molecule has 30 heavy (non-hydrogen) atoms. The van der Waals surface area contributed by atoms with Crippen molar-refractivity contribution in [3.63, 3.8) is 0 Å². The smallest absolute Gasteiger partial charge is 0.180 e. The fourth-order valence-corrected chi connectivity index (χ4v) is 4.07. The quantitative estimate of drug-likeness (QED) is 0.397. The van der Waals surface area contributed by atoms with E-state index in [1.165, 1.54) is 11.5 Å². The summed E-state index contributed by atoms with van der Waals surface area (Å²) in [5, 5.41) is 21.2. The molecule has 0 aliphatic rings. The highest BCUT2D eigenvalue weighted by Gasteiger charge is 2.19. The van der Waals surface area contributed by atoms with Crippen LogP contribution in [0.1, 0.15) is 32.2 Å². The van der Waals surface area contributed by atoms with E-state index < -0.39 is 5.60 Å². The summed E-state index contributed by atoms with van der Waals surface area (Å²) in [7, 11) is 0. The van der Waals surface area contributed by atoms with E-state index in [2.05, 4.69) is 41.7 Å². The summed E-state index contributed by atoms with van der Waals surface area (Å²) in [6, 6.07) is 2.03. The molecule has 0 aliphatic heterocycles. The van der Waals surface area contributed by atoms with Crippen molar-refractivity contribution in [2.75, 3.05) is 18.4 Å². The van der Waals surface area contributed by atoms with Gasteiger partial charge in [-0.2, -0.15) is 9.47 Å². The minimum Gasteiger partial charge on any atom is -0.389 e. The van der Waals surface area contributed by atoms with Crippen LogP contribution in [0.4, 0.5) is 10.8 Å². The third-order valence-electron chi connectivity index (χ3n) is 4.65. The number of H-pyrrole nitrogens is 1. The van der Waals surface area contributed by atoms with Crippen LogP contribution in [0.5, 0.6) is 0 Å². The standard InChI is InChI=1S/C20H26N8OS/c1-5-27(12-20(3,4)29)11-15-6-17(30-26-15)25-18-19-21-9-16(14-7-22-23-8-14)28(19)10-13(2)24-18/h6-10,29H,5,11-12H2,1-4H3,(H,22,23)(H,24,25). The number of aromatic amines is 1. The summed E-state index contributed by atoms with van der Waals surface area (Å²) in [5.74, 6) is 0.684. The first kappa shape index (κ1) is 20.5. The average molecular weight is 427 g/mol. The first-order valence-corrected chi connectivity index (χ1v) is 10.6. The lowest BCUT2D eigenvalue weighted by Gasteiger charge is -2.27. The zero-order valence-corrected chi connectivity index (χ0v) is 18.4. The Labute approximate surface area is 179 Å². The number of fused-ring (bicyclic) bond motifs is 1. The van der Waals surface area contributed by atoms with E-state index in [1.807, 2.05) is 49.8 Å². The van der Waals surface area contributed by atoms with Gasteiger partial charge in [-0.05, 0) is 44.9 Å². The molecule has 0 saturated carbocycles. The Morgan fingerprint density at radius 3 is 2.87 bits per heavy atom. The predicted molar refractivity (Wildman–Crippen MR) is 118 cm³/mol. The largest absolute Gasteiger partial charge is 0.389 e. The molecule has 4 aromatic rings. The van der Waals surface area contributed by atoms with Crippen LogP contribution in [0, 0.1) is 6.92 Å². The number of aryl methyl sites for hydroxylation is 1. The number of likely N-dealkylation sites (N-methyl/N-ethyl adjacent to an activating group) is 1. The van der Waals surface area contributed by atoms with Gasteiger partial charge in [-0.15, -0.1) is 0 Å². The van der Waals surface area contributed by atoms with Crippen LogP contribution >= 0.6 is 11.5 Å². The fraction of sp³-hybridized carbons (Fsp3) is 0.400. The Hall–Kier alpha value is -2.82. The molecule has 0 fully saturated rings.